The summed E-state index contributed by atoms with van der Waals surface area (Å²) in [4.78, 5) is 18.5. The molecular weight excluding hydrogens is 366 g/mol. The van der Waals surface area contributed by atoms with Crippen LogP contribution < -0.4 is 0 Å². The molecular formula is C23H29N3O3. The maximum Gasteiger partial charge on any atom is 0.410 e. The lowest BCUT2D eigenvalue weighted by atomic mass is 9.53. The average Bonchev–Trinajstić information content (AvgIpc) is 3.26. The Balaban J connectivity index is 1.30. The summed E-state index contributed by atoms with van der Waals surface area (Å²) in [6, 6.07) is 8.60. The number of aromatic nitrogens is 2. The molecule has 6 nitrogen and oxygen atoms in total. The third kappa shape index (κ3) is 2.88. The second kappa shape index (κ2) is 6.33. The number of hydrogen-bond donors (Lipinski definition) is 1. The van der Waals surface area contributed by atoms with E-state index < -0.39 is 5.60 Å². The second-order valence-electron chi connectivity index (χ2n) is 9.86. The zero-order valence-corrected chi connectivity index (χ0v) is 17.3. The molecule has 1 saturated heterocycles. The van der Waals surface area contributed by atoms with Gasteiger partial charge in [0.25, 0.3) is 0 Å². The van der Waals surface area contributed by atoms with E-state index in [4.69, 9.17) is 4.74 Å². The Morgan fingerprint density at radius 2 is 1.97 bits per heavy atom. The van der Waals surface area contributed by atoms with Gasteiger partial charge in [-0.1, -0.05) is 24.3 Å². The minimum absolute atomic E-state index is 0.0819. The second-order valence-corrected chi connectivity index (χ2v) is 9.86. The standard InChI is InChI=1S/C23H29N3O3/c1-22(2,3)29-21(28)25-10-8-23(9-11-25)12-17(20(23)27)19-16-7-5-4-6-15(16)18-13-24-14-26(18)19/h4-7,13-14,17,19-20,27H,8-12H2,1-3H3/t17-,19+,20-/m1/s1. The van der Waals surface area contributed by atoms with Crippen LogP contribution in [-0.2, 0) is 4.74 Å². The number of carbonyl (C=O) groups excluding carboxylic acids is 1. The van der Waals surface area contributed by atoms with Crippen LogP contribution in [0, 0.1) is 11.3 Å². The predicted octanol–water partition coefficient (Wildman–Crippen LogP) is 3.85. The zero-order valence-electron chi connectivity index (χ0n) is 17.3. The van der Waals surface area contributed by atoms with Gasteiger partial charge in [0.15, 0.2) is 0 Å². The Bertz CT molecular complexity index is 937. The van der Waals surface area contributed by atoms with Crippen molar-refractivity contribution in [3.8, 4) is 11.3 Å². The molecule has 0 radical (unpaired) electrons. The molecule has 1 amide bonds. The number of ether oxygens (including phenoxy) is 1. The van der Waals surface area contributed by atoms with Crippen LogP contribution in [0.25, 0.3) is 11.3 Å². The van der Waals surface area contributed by atoms with Gasteiger partial charge in [-0.3, -0.25) is 0 Å². The number of aliphatic hydroxyl groups is 1. The number of fused-ring (bicyclic) bond motifs is 3. The third-order valence-corrected chi connectivity index (χ3v) is 7.01. The molecule has 1 N–H and O–H groups in total. The Hall–Kier alpha value is -2.34. The molecule has 3 aliphatic rings. The van der Waals surface area contributed by atoms with Crippen LogP contribution >= 0.6 is 0 Å². The van der Waals surface area contributed by atoms with Crippen molar-refractivity contribution in [3.05, 3.63) is 42.4 Å². The third-order valence-electron chi connectivity index (χ3n) is 7.01. The number of nitrogens with zero attached hydrogens (tertiary/aromatic N) is 3. The van der Waals surface area contributed by atoms with Gasteiger partial charge in [-0.25, -0.2) is 9.78 Å². The highest BCUT2D eigenvalue weighted by atomic mass is 16.6. The van der Waals surface area contributed by atoms with Gasteiger partial charge < -0.3 is 19.3 Å². The lowest BCUT2D eigenvalue weighted by molar-refractivity contribution is -0.156. The number of benzene rings is 1. The fraction of sp³-hybridized carbons (Fsp3) is 0.565. The first kappa shape index (κ1) is 18.7. The average molecular weight is 396 g/mol. The van der Waals surface area contributed by atoms with Crippen LogP contribution in [0.1, 0.15) is 51.6 Å². The summed E-state index contributed by atoms with van der Waals surface area (Å²) < 4.78 is 7.73. The molecule has 1 saturated carbocycles. The molecule has 2 aliphatic heterocycles. The van der Waals surface area contributed by atoms with Crippen molar-refractivity contribution in [1.82, 2.24) is 14.5 Å². The first-order valence-corrected chi connectivity index (χ1v) is 10.6. The van der Waals surface area contributed by atoms with Crippen molar-refractivity contribution in [2.75, 3.05) is 13.1 Å². The SMILES string of the molecule is CC(C)(C)OC(=O)N1CCC2(CC1)C[C@H]([C@@H]1c3ccccc3-c3cncn31)[C@H]2O. The van der Waals surface area contributed by atoms with E-state index in [1.54, 1.807) is 4.90 Å². The molecule has 3 atom stereocenters. The van der Waals surface area contributed by atoms with Crippen molar-refractivity contribution in [2.24, 2.45) is 11.3 Å². The lowest BCUT2D eigenvalue weighted by Crippen LogP contribution is -2.60. The van der Waals surface area contributed by atoms with E-state index in [1.165, 1.54) is 11.1 Å². The Morgan fingerprint density at radius 3 is 2.66 bits per heavy atom. The van der Waals surface area contributed by atoms with Gasteiger partial charge in [0.05, 0.1) is 30.4 Å². The summed E-state index contributed by atoms with van der Waals surface area (Å²) in [6.45, 7) is 6.97. The number of amides is 1. The number of hydrogen-bond acceptors (Lipinski definition) is 4. The van der Waals surface area contributed by atoms with Crippen LogP contribution in [0.15, 0.2) is 36.8 Å². The minimum Gasteiger partial charge on any atom is -0.444 e. The molecule has 1 aromatic heterocycles. The minimum atomic E-state index is -0.480. The smallest absolute Gasteiger partial charge is 0.410 e. The normalized spacial score (nSPS) is 27.3. The number of likely N-dealkylation sites (tertiary alicyclic amines) is 1. The maximum atomic E-state index is 12.4. The van der Waals surface area contributed by atoms with E-state index in [1.807, 2.05) is 33.3 Å². The summed E-state index contributed by atoms with van der Waals surface area (Å²) >= 11 is 0. The van der Waals surface area contributed by atoms with Gasteiger partial charge in [-0.15, -0.1) is 0 Å². The largest absolute Gasteiger partial charge is 0.444 e. The summed E-state index contributed by atoms with van der Waals surface area (Å²) in [5.74, 6) is 0.180. The molecule has 1 spiro atoms. The Kier molecular flexibility index (Phi) is 4.07. The number of piperidine rings is 1. The highest BCUT2D eigenvalue weighted by Gasteiger charge is 2.58. The lowest BCUT2D eigenvalue weighted by Gasteiger charge is -2.57. The van der Waals surface area contributed by atoms with Crippen LogP contribution in [0.2, 0.25) is 0 Å². The van der Waals surface area contributed by atoms with Crippen LogP contribution in [0.3, 0.4) is 0 Å². The topological polar surface area (TPSA) is 67.6 Å². The highest BCUT2D eigenvalue weighted by Crippen LogP contribution is 2.59. The van der Waals surface area contributed by atoms with E-state index in [2.05, 4.69) is 33.8 Å². The van der Waals surface area contributed by atoms with Gasteiger partial charge in [0.2, 0.25) is 0 Å². The maximum absolute atomic E-state index is 12.4. The van der Waals surface area contributed by atoms with Crippen LogP contribution in [0.4, 0.5) is 4.79 Å². The van der Waals surface area contributed by atoms with Crippen molar-refractivity contribution < 1.29 is 14.6 Å². The van der Waals surface area contributed by atoms with Crippen LogP contribution in [0.5, 0.6) is 0 Å². The number of rotatable bonds is 1. The summed E-state index contributed by atoms with van der Waals surface area (Å²) in [6.07, 6.45) is 5.83. The van der Waals surface area contributed by atoms with Crippen LogP contribution in [-0.4, -0.2) is 50.4 Å². The number of carbonyl (C=O) groups is 1. The Morgan fingerprint density at radius 1 is 1.24 bits per heavy atom. The van der Waals surface area contributed by atoms with Gasteiger partial charge in [-0.2, -0.15) is 0 Å². The highest BCUT2D eigenvalue weighted by molar-refractivity contribution is 5.69. The fourth-order valence-electron chi connectivity index (χ4n) is 5.55. The predicted molar refractivity (Wildman–Crippen MR) is 109 cm³/mol. The molecule has 0 unspecified atom stereocenters. The van der Waals surface area contributed by atoms with E-state index in [9.17, 15) is 9.90 Å². The molecule has 2 aromatic rings. The molecule has 3 heterocycles. The van der Waals surface area contributed by atoms with E-state index in [-0.39, 0.29) is 29.6 Å². The molecule has 2 fully saturated rings. The van der Waals surface area contributed by atoms with Gasteiger partial charge in [-0.05, 0) is 45.6 Å². The van der Waals surface area contributed by atoms with Gasteiger partial charge in [0.1, 0.15) is 5.60 Å². The molecule has 0 bridgehead atoms. The van der Waals surface area contributed by atoms with E-state index in [0.29, 0.717) is 13.1 Å². The molecule has 154 valence electrons. The summed E-state index contributed by atoms with van der Waals surface area (Å²) in [5.41, 5.74) is 3.09. The Labute approximate surface area is 171 Å². The van der Waals surface area contributed by atoms with E-state index >= 15 is 0 Å². The molecule has 1 aromatic carbocycles. The molecule has 29 heavy (non-hydrogen) atoms. The monoisotopic (exact) mass is 395 g/mol. The molecule has 1 aliphatic carbocycles. The molecule has 6 heteroatoms. The first-order chi connectivity index (χ1) is 13.8. The van der Waals surface area contributed by atoms with Crippen molar-refractivity contribution in [3.63, 3.8) is 0 Å². The van der Waals surface area contributed by atoms with Gasteiger partial charge >= 0.3 is 6.09 Å². The van der Waals surface area contributed by atoms with E-state index in [0.717, 1.165) is 25.0 Å². The first-order valence-electron chi connectivity index (χ1n) is 10.6. The zero-order chi connectivity index (χ0) is 20.4. The fourth-order valence-corrected chi connectivity index (χ4v) is 5.55. The molecule has 5 rings (SSSR count). The number of aliphatic hydroxyl groups excluding tert-OH is 1. The number of imidazole rings is 1. The van der Waals surface area contributed by atoms with Crippen molar-refractivity contribution in [1.29, 1.82) is 0 Å². The summed E-state index contributed by atoms with van der Waals surface area (Å²) in [5, 5.41) is 11.3. The van der Waals surface area contributed by atoms with Crippen molar-refractivity contribution in [2.45, 2.75) is 57.8 Å². The summed E-state index contributed by atoms with van der Waals surface area (Å²) in [7, 11) is 0. The van der Waals surface area contributed by atoms with Gasteiger partial charge in [0, 0.05) is 30.0 Å². The quantitative estimate of drug-likeness (QED) is 0.796. The van der Waals surface area contributed by atoms with Crippen molar-refractivity contribution >= 4 is 6.09 Å².